The summed E-state index contributed by atoms with van der Waals surface area (Å²) in [6.45, 7) is 8.22. The largest absolute Gasteiger partial charge is 0.467 e. The molecule has 2 aliphatic rings. The molecule has 0 radical (unpaired) electrons. The van der Waals surface area contributed by atoms with Gasteiger partial charge in [-0.15, -0.1) is 0 Å². The van der Waals surface area contributed by atoms with Gasteiger partial charge in [0.1, 0.15) is 0 Å². The quantitative estimate of drug-likeness (QED) is 0.139. The number of ether oxygens (including phenoxy) is 2. The van der Waals surface area contributed by atoms with Crippen LogP contribution in [0.5, 0.6) is 12.0 Å². The van der Waals surface area contributed by atoms with E-state index < -0.39 is 5.41 Å². The molecule has 0 fully saturated rings. The molecule has 0 unspecified atom stereocenters. The maximum atomic E-state index is 13.2. The minimum absolute atomic E-state index is 0.0680. The van der Waals surface area contributed by atoms with Gasteiger partial charge in [-0.25, -0.2) is 9.97 Å². The molecule has 2 aromatic heterocycles. The Balaban J connectivity index is 0.000000157. The Kier molecular flexibility index (Phi) is 14.5. The van der Waals surface area contributed by atoms with Crippen LogP contribution in [0.15, 0.2) is 146 Å². The van der Waals surface area contributed by atoms with Gasteiger partial charge in [-0.1, -0.05) is 148 Å². The first-order valence-corrected chi connectivity index (χ1v) is 23.8. The molecular formula is C54H47BrCl2N8O4. The second-order valence-electron chi connectivity index (χ2n) is 17.1. The van der Waals surface area contributed by atoms with Crippen molar-refractivity contribution < 1.29 is 19.1 Å². The lowest BCUT2D eigenvalue weighted by atomic mass is 9.86. The van der Waals surface area contributed by atoms with Crippen molar-refractivity contribution in [2.75, 3.05) is 24.4 Å². The molecule has 0 bridgehead atoms. The summed E-state index contributed by atoms with van der Waals surface area (Å²) < 4.78 is 10.6. The van der Waals surface area contributed by atoms with Crippen LogP contribution in [-0.2, 0) is 32.3 Å². The fraction of sp³-hybridized carbons (Fsp3) is 0.185. The molecule has 15 heteroatoms. The van der Waals surface area contributed by atoms with Crippen molar-refractivity contribution in [2.24, 2.45) is 0 Å². The summed E-state index contributed by atoms with van der Waals surface area (Å²) in [5.41, 5.74) is 8.21. The van der Waals surface area contributed by atoms with Gasteiger partial charge in [0.25, 0.3) is 0 Å². The summed E-state index contributed by atoms with van der Waals surface area (Å²) in [7, 11) is 3.05. The molecule has 2 amide bonds. The summed E-state index contributed by atoms with van der Waals surface area (Å²) in [5.74, 6) is 2.10. The number of aromatic nitrogens is 6. The first-order valence-electron chi connectivity index (χ1n) is 21.9. The number of hydrogen-bond acceptors (Lipinski definition) is 10. The van der Waals surface area contributed by atoms with Crippen LogP contribution in [0, 0.1) is 0 Å². The average molecular weight is 1020 g/mol. The standard InChI is InChI=1S/C27H23ClN4O2.C17H13BrClN3O.C10H11NO/c1-27(2)20-11-7-8-12-22(20)32(25(27)33)16-17-13-14-21(28)19(15-17)24-29-23(30-26(31-24)34-3)18-9-5-4-6-10-18;1-23-17-21-15(12-5-3-2-4-6-12)20-16(22-17)13-9-11(10-18)7-8-14(13)19;1-10(2)7-5-3-4-6-8(7)11-9(10)12/h4-15H,16H2,1-3H3;2-9H,10H2,1H3;3-6H,1-2H3,(H,11,12). The summed E-state index contributed by atoms with van der Waals surface area (Å²) in [4.78, 5) is 53.2. The number of hydrogen-bond donors (Lipinski definition) is 1. The number of halogens is 3. The lowest BCUT2D eigenvalue weighted by Gasteiger charge is -2.21. The van der Waals surface area contributed by atoms with Crippen molar-refractivity contribution in [1.29, 1.82) is 0 Å². The molecule has 1 N–H and O–H groups in total. The summed E-state index contributed by atoms with van der Waals surface area (Å²) >= 11 is 16.3. The van der Waals surface area contributed by atoms with Crippen molar-refractivity contribution in [3.8, 4) is 57.6 Å². The molecule has 0 saturated heterocycles. The van der Waals surface area contributed by atoms with E-state index in [4.69, 9.17) is 32.7 Å². The normalized spacial score (nSPS) is 13.8. The Morgan fingerprint density at radius 3 is 1.54 bits per heavy atom. The molecule has 348 valence electrons. The van der Waals surface area contributed by atoms with Crippen molar-refractivity contribution in [3.63, 3.8) is 0 Å². The number of anilines is 2. The van der Waals surface area contributed by atoms with Crippen molar-refractivity contribution in [3.05, 3.63) is 178 Å². The van der Waals surface area contributed by atoms with Crippen LogP contribution in [-0.4, -0.2) is 55.9 Å². The van der Waals surface area contributed by atoms with E-state index in [1.165, 1.54) is 14.2 Å². The van der Waals surface area contributed by atoms with E-state index in [1.807, 2.05) is 178 Å². The van der Waals surface area contributed by atoms with Gasteiger partial charge in [-0.2, -0.15) is 19.9 Å². The zero-order valence-corrected chi connectivity index (χ0v) is 41.8. The predicted molar refractivity (Wildman–Crippen MR) is 276 cm³/mol. The second-order valence-corrected chi connectivity index (χ2v) is 18.5. The molecule has 0 aliphatic carbocycles. The van der Waals surface area contributed by atoms with Gasteiger partial charge >= 0.3 is 12.0 Å². The number of methoxy groups -OCH3 is 2. The van der Waals surface area contributed by atoms with E-state index in [9.17, 15) is 9.59 Å². The number of para-hydroxylation sites is 2. The van der Waals surface area contributed by atoms with Crippen molar-refractivity contribution in [1.82, 2.24) is 29.9 Å². The van der Waals surface area contributed by atoms with Crippen molar-refractivity contribution in [2.45, 2.75) is 50.4 Å². The Labute approximate surface area is 419 Å². The number of benzene rings is 6. The van der Waals surface area contributed by atoms with Gasteiger partial charge in [0, 0.05) is 39.0 Å². The zero-order valence-electron chi connectivity index (χ0n) is 38.7. The van der Waals surface area contributed by atoms with E-state index in [0.29, 0.717) is 45.5 Å². The predicted octanol–water partition coefficient (Wildman–Crippen LogP) is 12.4. The van der Waals surface area contributed by atoms with Gasteiger partial charge in [-0.3, -0.25) is 9.59 Å². The topological polar surface area (TPSA) is 145 Å². The lowest BCUT2D eigenvalue weighted by molar-refractivity contribution is -0.122. The SMILES string of the molecule is CC1(C)C(=O)Nc2ccccc21.COc1nc(-c2ccccc2)nc(-c2cc(CBr)ccc2Cl)n1.COc1nc(-c2ccccc2)nc(-c2cc(CN3C(=O)C(C)(C)c4ccccc43)ccc2Cl)n1. The molecule has 12 nitrogen and oxygen atoms in total. The smallest absolute Gasteiger partial charge is 0.320 e. The van der Waals surface area contributed by atoms with E-state index in [2.05, 4.69) is 51.2 Å². The van der Waals surface area contributed by atoms with E-state index in [-0.39, 0.29) is 29.3 Å². The molecule has 0 atom stereocenters. The molecule has 2 aliphatic heterocycles. The summed E-state index contributed by atoms with van der Waals surface area (Å²) in [6.07, 6.45) is 0. The number of alkyl halides is 1. The van der Waals surface area contributed by atoms with Crippen LogP contribution in [0.4, 0.5) is 11.4 Å². The number of carbonyl (C=O) groups is 2. The van der Waals surface area contributed by atoms with Crippen LogP contribution < -0.4 is 19.7 Å². The number of nitrogens with zero attached hydrogens (tertiary/aromatic N) is 7. The third kappa shape index (κ3) is 10.4. The minimum atomic E-state index is -0.571. The third-order valence-electron chi connectivity index (χ3n) is 11.8. The highest BCUT2D eigenvalue weighted by Crippen LogP contribution is 2.43. The van der Waals surface area contributed by atoms with Gasteiger partial charge in [-0.05, 0) is 86.3 Å². The number of amides is 2. The van der Waals surface area contributed by atoms with Crippen LogP contribution in [0.1, 0.15) is 49.9 Å². The summed E-state index contributed by atoms with van der Waals surface area (Å²) in [6, 6.07) is 46.9. The van der Waals surface area contributed by atoms with E-state index in [0.717, 1.165) is 55.6 Å². The van der Waals surface area contributed by atoms with Gasteiger partial charge in [0.15, 0.2) is 23.3 Å². The fourth-order valence-electron chi connectivity index (χ4n) is 7.92. The zero-order chi connectivity index (χ0) is 48.9. The highest BCUT2D eigenvalue weighted by atomic mass is 79.9. The maximum absolute atomic E-state index is 13.2. The Morgan fingerprint density at radius 1 is 0.551 bits per heavy atom. The highest BCUT2D eigenvalue weighted by molar-refractivity contribution is 9.08. The fourth-order valence-corrected chi connectivity index (χ4v) is 8.67. The van der Waals surface area contributed by atoms with Gasteiger partial charge in [0.05, 0.1) is 41.6 Å². The monoisotopic (exact) mass is 1020 g/mol. The average Bonchev–Trinajstić information content (AvgIpc) is 3.73. The molecule has 8 aromatic rings. The third-order valence-corrected chi connectivity index (χ3v) is 13.1. The number of nitrogens with one attached hydrogen (secondary N) is 1. The number of carbonyl (C=O) groups excluding carboxylic acids is 2. The van der Waals surface area contributed by atoms with Gasteiger partial charge in [0.2, 0.25) is 11.8 Å². The van der Waals surface area contributed by atoms with E-state index in [1.54, 1.807) is 0 Å². The number of fused-ring (bicyclic) bond motifs is 2. The Bertz CT molecular complexity index is 3180. The molecule has 10 rings (SSSR count). The molecule has 4 heterocycles. The molecule has 0 spiro atoms. The Morgan fingerprint density at radius 2 is 1.01 bits per heavy atom. The van der Waals surface area contributed by atoms with Crippen LogP contribution >= 0.6 is 39.1 Å². The first kappa shape index (κ1) is 48.4. The Hall–Kier alpha value is -7.06. The molecule has 6 aromatic carbocycles. The first-order chi connectivity index (χ1) is 33.2. The van der Waals surface area contributed by atoms with Crippen LogP contribution in [0.2, 0.25) is 10.0 Å². The van der Waals surface area contributed by atoms with Crippen molar-refractivity contribution >= 4 is 62.3 Å². The second kappa shape index (κ2) is 20.7. The molecular weight excluding hydrogens is 975 g/mol. The molecule has 0 saturated carbocycles. The van der Waals surface area contributed by atoms with E-state index >= 15 is 0 Å². The van der Waals surface area contributed by atoms with Crippen LogP contribution in [0.25, 0.3) is 45.6 Å². The summed E-state index contributed by atoms with van der Waals surface area (Å²) in [5, 5.41) is 4.67. The minimum Gasteiger partial charge on any atom is -0.467 e. The highest BCUT2D eigenvalue weighted by Gasteiger charge is 2.43. The van der Waals surface area contributed by atoms with Gasteiger partial charge < -0.3 is 19.7 Å². The lowest BCUT2D eigenvalue weighted by Crippen LogP contribution is -2.35. The van der Waals surface area contributed by atoms with Crippen LogP contribution in [0.3, 0.4) is 0 Å². The number of rotatable bonds is 9. The maximum Gasteiger partial charge on any atom is 0.320 e. The molecule has 69 heavy (non-hydrogen) atoms.